The number of nitrogens with one attached hydrogen (secondary N) is 2. The van der Waals surface area contributed by atoms with Gasteiger partial charge in [0.15, 0.2) is 5.11 Å². The van der Waals surface area contributed by atoms with E-state index in [1.807, 2.05) is 39.0 Å². The van der Waals surface area contributed by atoms with Gasteiger partial charge in [-0.25, -0.2) is 4.39 Å². The number of hydrogen-bond donors (Lipinski definition) is 2. The second kappa shape index (κ2) is 7.13. The van der Waals surface area contributed by atoms with Gasteiger partial charge in [-0.2, -0.15) is 5.10 Å². The van der Waals surface area contributed by atoms with E-state index >= 15 is 0 Å². The molecular formula is C17H18FN3S. The Morgan fingerprint density at radius 1 is 1.05 bits per heavy atom. The molecule has 0 fully saturated rings. The van der Waals surface area contributed by atoms with Crippen molar-refractivity contribution in [1.29, 1.82) is 0 Å². The molecular weight excluding hydrogens is 297 g/mol. The van der Waals surface area contributed by atoms with Crippen LogP contribution in [0.1, 0.15) is 23.6 Å². The molecule has 2 rings (SSSR count). The zero-order valence-corrected chi connectivity index (χ0v) is 13.6. The Labute approximate surface area is 135 Å². The highest BCUT2D eigenvalue weighted by atomic mass is 32.1. The van der Waals surface area contributed by atoms with E-state index in [4.69, 9.17) is 12.2 Å². The number of hydrogen-bond acceptors (Lipinski definition) is 2. The zero-order chi connectivity index (χ0) is 16.1. The smallest absolute Gasteiger partial charge is 0.191 e. The fourth-order valence-electron chi connectivity index (χ4n) is 2.04. The first kappa shape index (κ1) is 16.1. The minimum atomic E-state index is -0.267. The first-order valence-corrected chi connectivity index (χ1v) is 7.31. The molecule has 0 unspecified atom stereocenters. The van der Waals surface area contributed by atoms with Gasteiger partial charge >= 0.3 is 0 Å². The Bertz CT molecular complexity index is 688. The average Bonchev–Trinajstić information content (AvgIpc) is 2.49. The Kier molecular flexibility index (Phi) is 5.22. The van der Waals surface area contributed by atoms with Gasteiger partial charge in [-0.15, -0.1) is 0 Å². The van der Waals surface area contributed by atoms with Crippen LogP contribution in [0.4, 0.5) is 10.1 Å². The number of para-hydroxylation sites is 1. The Hall–Kier alpha value is -2.27. The van der Waals surface area contributed by atoms with E-state index in [2.05, 4.69) is 15.8 Å². The van der Waals surface area contributed by atoms with Crippen molar-refractivity contribution in [3.63, 3.8) is 0 Å². The summed E-state index contributed by atoms with van der Waals surface area (Å²) in [6.45, 7) is 5.87. The van der Waals surface area contributed by atoms with E-state index in [1.165, 1.54) is 12.1 Å². The van der Waals surface area contributed by atoms with Crippen LogP contribution in [0.3, 0.4) is 0 Å². The van der Waals surface area contributed by atoms with Gasteiger partial charge < -0.3 is 5.32 Å². The summed E-state index contributed by atoms with van der Waals surface area (Å²) in [6, 6.07) is 12.2. The molecule has 5 heteroatoms. The number of aryl methyl sites for hydroxylation is 2. The molecule has 114 valence electrons. The molecule has 0 heterocycles. The molecule has 2 aromatic carbocycles. The van der Waals surface area contributed by atoms with Crippen LogP contribution in [0.5, 0.6) is 0 Å². The number of halogens is 1. The van der Waals surface area contributed by atoms with Crippen molar-refractivity contribution >= 4 is 28.7 Å². The highest BCUT2D eigenvalue weighted by molar-refractivity contribution is 7.80. The molecule has 0 aliphatic heterocycles. The summed E-state index contributed by atoms with van der Waals surface area (Å²) in [5.74, 6) is -0.267. The van der Waals surface area contributed by atoms with Gasteiger partial charge in [0.25, 0.3) is 0 Å². The van der Waals surface area contributed by atoms with Crippen LogP contribution in [-0.4, -0.2) is 10.8 Å². The number of rotatable bonds is 3. The number of thiocarbonyl (C=S) groups is 1. The second-order valence-corrected chi connectivity index (χ2v) is 5.45. The minimum Gasteiger partial charge on any atom is -0.331 e. The first-order chi connectivity index (χ1) is 10.5. The van der Waals surface area contributed by atoms with Gasteiger partial charge in [0.05, 0.1) is 5.71 Å². The Morgan fingerprint density at radius 2 is 1.64 bits per heavy atom. The van der Waals surface area contributed by atoms with Gasteiger partial charge in [0.1, 0.15) is 5.82 Å². The molecule has 0 radical (unpaired) electrons. The van der Waals surface area contributed by atoms with Crippen molar-refractivity contribution in [2.45, 2.75) is 20.8 Å². The number of nitrogens with zero attached hydrogens (tertiary/aromatic N) is 1. The molecule has 0 amide bonds. The molecule has 2 N–H and O–H groups in total. The third-order valence-electron chi connectivity index (χ3n) is 3.31. The molecule has 0 saturated carbocycles. The average molecular weight is 315 g/mol. The van der Waals surface area contributed by atoms with E-state index in [9.17, 15) is 4.39 Å². The van der Waals surface area contributed by atoms with Crippen molar-refractivity contribution in [1.82, 2.24) is 5.43 Å². The molecule has 0 aromatic heterocycles. The van der Waals surface area contributed by atoms with E-state index in [0.29, 0.717) is 5.11 Å². The fourth-order valence-corrected chi connectivity index (χ4v) is 2.19. The maximum Gasteiger partial charge on any atom is 0.191 e. The van der Waals surface area contributed by atoms with Crippen LogP contribution in [-0.2, 0) is 0 Å². The van der Waals surface area contributed by atoms with Crippen LogP contribution < -0.4 is 10.7 Å². The van der Waals surface area contributed by atoms with Crippen molar-refractivity contribution in [3.8, 4) is 0 Å². The summed E-state index contributed by atoms with van der Waals surface area (Å²) in [5, 5.41) is 7.78. The number of hydrazone groups is 1. The van der Waals surface area contributed by atoms with Gasteiger partial charge in [0, 0.05) is 5.69 Å². The van der Waals surface area contributed by atoms with Gasteiger partial charge in [-0.3, -0.25) is 5.43 Å². The molecule has 0 spiro atoms. The van der Waals surface area contributed by atoms with Crippen LogP contribution in [0.25, 0.3) is 0 Å². The lowest BCUT2D eigenvalue weighted by molar-refractivity contribution is 0.628. The van der Waals surface area contributed by atoms with Gasteiger partial charge in [-0.05, 0) is 61.8 Å². The first-order valence-electron chi connectivity index (χ1n) is 6.91. The van der Waals surface area contributed by atoms with E-state index in [1.54, 1.807) is 12.1 Å². The molecule has 0 bridgehead atoms. The van der Waals surface area contributed by atoms with Crippen LogP contribution >= 0.6 is 12.2 Å². The Balaban J connectivity index is 2.03. The predicted molar refractivity (Wildman–Crippen MR) is 93.9 cm³/mol. The van der Waals surface area contributed by atoms with E-state index < -0.39 is 0 Å². The summed E-state index contributed by atoms with van der Waals surface area (Å²) < 4.78 is 12.9. The summed E-state index contributed by atoms with van der Waals surface area (Å²) in [5.41, 5.74) is 7.59. The summed E-state index contributed by atoms with van der Waals surface area (Å²) in [7, 11) is 0. The topological polar surface area (TPSA) is 36.4 Å². The molecule has 22 heavy (non-hydrogen) atoms. The number of benzene rings is 2. The molecule has 0 aliphatic carbocycles. The van der Waals surface area contributed by atoms with Crippen molar-refractivity contribution < 1.29 is 4.39 Å². The molecule has 0 atom stereocenters. The third kappa shape index (κ3) is 4.11. The van der Waals surface area contributed by atoms with Crippen LogP contribution in [0.2, 0.25) is 0 Å². The normalized spacial score (nSPS) is 11.2. The van der Waals surface area contributed by atoms with Gasteiger partial charge in [-0.1, -0.05) is 30.3 Å². The quantitative estimate of drug-likeness (QED) is 0.507. The molecule has 0 aliphatic rings. The summed E-state index contributed by atoms with van der Waals surface area (Å²) >= 11 is 5.26. The van der Waals surface area contributed by atoms with Crippen molar-refractivity contribution in [2.24, 2.45) is 5.10 Å². The van der Waals surface area contributed by atoms with Crippen molar-refractivity contribution in [2.75, 3.05) is 5.32 Å². The maximum atomic E-state index is 12.9. The largest absolute Gasteiger partial charge is 0.331 e. The SMILES string of the molecule is C/C(=N\NC(=S)Nc1c(C)cccc1C)c1ccc(F)cc1. The minimum absolute atomic E-state index is 0.267. The number of anilines is 1. The highest BCUT2D eigenvalue weighted by Crippen LogP contribution is 2.19. The zero-order valence-electron chi connectivity index (χ0n) is 12.8. The summed E-state index contributed by atoms with van der Waals surface area (Å²) in [4.78, 5) is 0. The lowest BCUT2D eigenvalue weighted by atomic mass is 10.1. The monoisotopic (exact) mass is 315 g/mol. The lowest BCUT2D eigenvalue weighted by Gasteiger charge is -2.13. The van der Waals surface area contributed by atoms with Gasteiger partial charge in [0.2, 0.25) is 0 Å². The molecule has 2 aromatic rings. The Morgan fingerprint density at radius 3 is 2.23 bits per heavy atom. The van der Waals surface area contributed by atoms with Crippen LogP contribution in [0, 0.1) is 19.7 Å². The summed E-state index contributed by atoms with van der Waals surface area (Å²) in [6.07, 6.45) is 0. The maximum absolute atomic E-state index is 12.9. The van der Waals surface area contributed by atoms with E-state index in [0.717, 1.165) is 28.1 Å². The third-order valence-corrected chi connectivity index (χ3v) is 3.50. The molecule has 0 saturated heterocycles. The van der Waals surface area contributed by atoms with E-state index in [-0.39, 0.29) is 5.82 Å². The fraction of sp³-hybridized carbons (Fsp3) is 0.176. The highest BCUT2D eigenvalue weighted by Gasteiger charge is 2.04. The standard InChI is InChI=1S/C17H18FN3S/c1-11-5-4-6-12(2)16(11)19-17(22)21-20-13(3)14-7-9-15(18)10-8-14/h4-10H,1-3H3,(H2,19,21,22)/b20-13+. The predicted octanol–water partition coefficient (Wildman–Crippen LogP) is 4.15. The second-order valence-electron chi connectivity index (χ2n) is 5.04. The molecule has 3 nitrogen and oxygen atoms in total. The van der Waals surface area contributed by atoms with Crippen molar-refractivity contribution in [3.05, 3.63) is 65.0 Å². The van der Waals surface area contributed by atoms with Crippen LogP contribution in [0.15, 0.2) is 47.6 Å². The lowest BCUT2D eigenvalue weighted by Crippen LogP contribution is -2.25.